The van der Waals surface area contributed by atoms with Gasteiger partial charge in [0.15, 0.2) is 5.16 Å². The summed E-state index contributed by atoms with van der Waals surface area (Å²) < 4.78 is 7.82. The first kappa shape index (κ1) is 16.4. The predicted molar refractivity (Wildman–Crippen MR) is 97.2 cm³/mol. The molecule has 1 amide bonds. The molecule has 25 heavy (non-hydrogen) atoms. The Kier molecular flexibility index (Phi) is 4.65. The van der Waals surface area contributed by atoms with Gasteiger partial charge in [0.2, 0.25) is 5.91 Å². The first-order valence-corrected chi connectivity index (χ1v) is 9.84. The van der Waals surface area contributed by atoms with Crippen molar-refractivity contribution in [2.45, 2.75) is 49.7 Å². The van der Waals surface area contributed by atoms with Gasteiger partial charge in [0.05, 0.1) is 18.0 Å². The molecule has 0 spiro atoms. The van der Waals surface area contributed by atoms with E-state index in [1.807, 2.05) is 31.2 Å². The van der Waals surface area contributed by atoms with Gasteiger partial charge < -0.3 is 14.6 Å². The highest BCUT2D eigenvalue weighted by Crippen LogP contribution is 2.46. The fourth-order valence-electron chi connectivity index (χ4n) is 2.85. The third kappa shape index (κ3) is 3.81. The van der Waals surface area contributed by atoms with Crippen LogP contribution in [0.3, 0.4) is 0 Å². The number of nitrogens with zero attached hydrogens (tertiary/aromatic N) is 3. The molecule has 0 atom stereocenters. The first-order chi connectivity index (χ1) is 12.3. The second-order valence-electron chi connectivity index (χ2n) is 6.48. The van der Waals surface area contributed by atoms with E-state index in [4.69, 9.17) is 4.74 Å². The number of anilines is 1. The summed E-state index contributed by atoms with van der Waals surface area (Å²) in [5.41, 5.74) is 0.706. The van der Waals surface area contributed by atoms with E-state index in [1.165, 1.54) is 37.4 Å². The predicted octanol–water partition coefficient (Wildman–Crippen LogP) is 3.62. The van der Waals surface area contributed by atoms with Crippen molar-refractivity contribution in [2.75, 3.05) is 17.7 Å². The smallest absolute Gasteiger partial charge is 0.234 e. The van der Waals surface area contributed by atoms with Crippen molar-refractivity contribution in [3.63, 3.8) is 0 Å². The Morgan fingerprint density at radius 2 is 2.08 bits per heavy atom. The number of para-hydroxylation sites is 2. The van der Waals surface area contributed by atoms with Gasteiger partial charge in [-0.05, 0) is 44.7 Å². The van der Waals surface area contributed by atoms with Crippen molar-refractivity contribution in [1.82, 2.24) is 14.8 Å². The number of ether oxygens (including phenoxy) is 1. The Morgan fingerprint density at radius 3 is 2.80 bits per heavy atom. The van der Waals surface area contributed by atoms with Crippen LogP contribution in [0.25, 0.3) is 0 Å². The number of carbonyl (C=O) groups excluding carboxylic acids is 1. The molecule has 2 aliphatic carbocycles. The Hall–Kier alpha value is -2.02. The molecule has 0 unspecified atom stereocenters. The van der Waals surface area contributed by atoms with Gasteiger partial charge in [0.1, 0.15) is 11.6 Å². The zero-order valence-electron chi connectivity index (χ0n) is 14.3. The molecule has 2 aliphatic rings. The fraction of sp³-hybridized carbons (Fsp3) is 0.500. The summed E-state index contributed by atoms with van der Waals surface area (Å²) in [4.78, 5) is 12.3. The van der Waals surface area contributed by atoms with E-state index >= 15 is 0 Å². The molecule has 6 nitrogen and oxygen atoms in total. The zero-order chi connectivity index (χ0) is 17.2. The van der Waals surface area contributed by atoms with Gasteiger partial charge >= 0.3 is 0 Å². The SMILES string of the molecule is CCOc1ccccc1NC(=O)CSc1nnc(C2CC2)n1C1CC1. The average Bonchev–Trinajstić information content (AvgIpc) is 3.54. The van der Waals surface area contributed by atoms with E-state index in [-0.39, 0.29) is 5.91 Å². The van der Waals surface area contributed by atoms with E-state index in [0.717, 1.165) is 11.0 Å². The van der Waals surface area contributed by atoms with Crippen molar-refractivity contribution in [2.24, 2.45) is 0 Å². The van der Waals surface area contributed by atoms with Crippen LogP contribution in [0.4, 0.5) is 5.69 Å². The quantitative estimate of drug-likeness (QED) is 0.730. The van der Waals surface area contributed by atoms with Gasteiger partial charge in [0, 0.05) is 12.0 Å². The Bertz CT molecular complexity index is 768. The molecule has 1 aromatic heterocycles. The third-order valence-electron chi connectivity index (χ3n) is 4.34. The lowest BCUT2D eigenvalue weighted by atomic mass is 10.3. The van der Waals surface area contributed by atoms with Crippen LogP contribution in [0.2, 0.25) is 0 Å². The van der Waals surface area contributed by atoms with Crippen LogP contribution in [0.1, 0.15) is 50.4 Å². The van der Waals surface area contributed by atoms with Crippen molar-refractivity contribution in [3.8, 4) is 5.75 Å². The van der Waals surface area contributed by atoms with Crippen molar-refractivity contribution >= 4 is 23.4 Å². The highest BCUT2D eigenvalue weighted by atomic mass is 32.2. The van der Waals surface area contributed by atoms with Crippen LogP contribution in [-0.2, 0) is 4.79 Å². The highest BCUT2D eigenvalue weighted by Gasteiger charge is 2.36. The number of nitrogens with one attached hydrogen (secondary N) is 1. The molecule has 0 aliphatic heterocycles. The van der Waals surface area contributed by atoms with Gasteiger partial charge in [-0.2, -0.15) is 0 Å². The molecule has 0 bridgehead atoms. The number of rotatable bonds is 8. The monoisotopic (exact) mass is 358 g/mol. The molecule has 2 aromatic rings. The lowest BCUT2D eigenvalue weighted by molar-refractivity contribution is -0.113. The van der Waals surface area contributed by atoms with Crippen LogP contribution in [-0.4, -0.2) is 33.0 Å². The van der Waals surface area contributed by atoms with E-state index in [2.05, 4.69) is 20.1 Å². The largest absolute Gasteiger partial charge is 0.492 e. The number of hydrogen-bond acceptors (Lipinski definition) is 5. The molecular weight excluding hydrogens is 336 g/mol. The molecule has 1 N–H and O–H groups in total. The molecular formula is C18H22N4O2S. The van der Waals surface area contributed by atoms with Crippen LogP contribution in [0, 0.1) is 0 Å². The Balaban J connectivity index is 1.39. The second kappa shape index (κ2) is 7.07. The summed E-state index contributed by atoms with van der Waals surface area (Å²) in [6.45, 7) is 2.49. The van der Waals surface area contributed by atoms with Crippen molar-refractivity contribution in [3.05, 3.63) is 30.1 Å². The molecule has 0 saturated heterocycles. The van der Waals surface area contributed by atoms with Gasteiger partial charge in [-0.25, -0.2) is 0 Å². The lowest BCUT2D eigenvalue weighted by Crippen LogP contribution is -2.15. The molecule has 1 heterocycles. The lowest BCUT2D eigenvalue weighted by Gasteiger charge is -2.11. The summed E-state index contributed by atoms with van der Waals surface area (Å²) in [5.74, 6) is 2.65. The maximum absolute atomic E-state index is 12.3. The first-order valence-electron chi connectivity index (χ1n) is 8.85. The summed E-state index contributed by atoms with van der Waals surface area (Å²) >= 11 is 1.46. The molecule has 0 radical (unpaired) electrons. The average molecular weight is 358 g/mol. The molecule has 2 saturated carbocycles. The summed E-state index contributed by atoms with van der Waals surface area (Å²) in [5, 5.41) is 12.5. The zero-order valence-corrected chi connectivity index (χ0v) is 15.1. The summed E-state index contributed by atoms with van der Waals surface area (Å²) in [6, 6.07) is 8.03. The Labute approximate surface area is 151 Å². The van der Waals surface area contributed by atoms with Gasteiger partial charge in [0.25, 0.3) is 0 Å². The van der Waals surface area contributed by atoms with Crippen LogP contribution >= 0.6 is 11.8 Å². The number of benzene rings is 1. The van der Waals surface area contributed by atoms with Crippen LogP contribution in [0.5, 0.6) is 5.75 Å². The molecule has 7 heteroatoms. The van der Waals surface area contributed by atoms with Gasteiger partial charge in [-0.15, -0.1) is 10.2 Å². The maximum Gasteiger partial charge on any atom is 0.234 e. The minimum absolute atomic E-state index is 0.0597. The maximum atomic E-state index is 12.3. The van der Waals surface area contributed by atoms with E-state index in [9.17, 15) is 4.79 Å². The van der Waals surface area contributed by atoms with Crippen molar-refractivity contribution in [1.29, 1.82) is 0 Å². The molecule has 2 fully saturated rings. The van der Waals surface area contributed by atoms with Crippen LogP contribution < -0.4 is 10.1 Å². The van der Waals surface area contributed by atoms with Crippen molar-refractivity contribution < 1.29 is 9.53 Å². The third-order valence-corrected chi connectivity index (χ3v) is 5.28. The minimum Gasteiger partial charge on any atom is -0.492 e. The van der Waals surface area contributed by atoms with Gasteiger partial charge in [-0.3, -0.25) is 4.79 Å². The van der Waals surface area contributed by atoms with Crippen LogP contribution in [0.15, 0.2) is 29.4 Å². The topological polar surface area (TPSA) is 69.0 Å². The fourth-order valence-corrected chi connectivity index (χ4v) is 3.66. The molecule has 132 valence electrons. The number of hydrogen-bond donors (Lipinski definition) is 1. The molecule has 1 aromatic carbocycles. The minimum atomic E-state index is -0.0597. The number of thioether (sulfide) groups is 1. The highest BCUT2D eigenvalue weighted by molar-refractivity contribution is 7.99. The number of aromatic nitrogens is 3. The van der Waals surface area contributed by atoms with E-state index in [1.54, 1.807) is 0 Å². The normalized spacial score (nSPS) is 16.7. The van der Waals surface area contributed by atoms with Gasteiger partial charge in [-0.1, -0.05) is 23.9 Å². The molecule has 4 rings (SSSR count). The Morgan fingerprint density at radius 1 is 1.28 bits per heavy atom. The van der Waals surface area contributed by atoms with E-state index in [0.29, 0.717) is 35.8 Å². The summed E-state index contributed by atoms with van der Waals surface area (Å²) in [7, 11) is 0. The standard InChI is InChI=1S/C18H22N4O2S/c1-2-24-15-6-4-3-5-14(15)19-16(23)11-25-18-21-20-17(12-7-8-12)22(18)13-9-10-13/h3-6,12-13H,2,7-11H2,1H3,(H,19,23). The second-order valence-corrected chi connectivity index (χ2v) is 7.42. The number of carbonyl (C=O) groups is 1. The van der Waals surface area contributed by atoms with E-state index < -0.39 is 0 Å². The number of amides is 1. The summed E-state index contributed by atoms with van der Waals surface area (Å²) in [6.07, 6.45) is 4.81.